The van der Waals surface area contributed by atoms with Crippen LogP contribution < -0.4 is 5.73 Å². The topological polar surface area (TPSA) is 43.8 Å². The Hall–Kier alpha value is -1.36. The molecule has 1 aromatic heterocycles. The molecule has 0 radical (unpaired) electrons. The minimum atomic E-state index is -0.279. The van der Waals surface area contributed by atoms with Gasteiger partial charge in [0, 0.05) is 22.5 Å². The summed E-state index contributed by atoms with van der Waals surface area (Å²) >= 11 is 3.40. The number of aromatic nitrogens is 2. The molecular formula is C16H21BrFN3. The summed E-state index contributed by atoms with van der Waals surface area (Å²) in [6.07, 6.45) is 2.16. The van der Waals surface area contributed by atoms with Crippen molar-refractivity contribution in [2.24, 2.45) is 0 Å². The molecule has 0 atom stereocenters. The van der Waals surface area contributed by atoms with Gasteiger partial charge >= 0.3 is 0 Å². The second kappa shape index (κ2) is 6.60. The number of hydrogen-bond acceptors (Lipinski definition) is 2. The Labute approximate surface area is 133 Å². The number of benzene rings is 1. The van der Waals surface area contributed by atoms with E-state index in [1.807, 2.05) is 0 Å². The fourth-order valence-electron chi connectivity index (χ4n) is 2.36. The SMILES string of the molecule is CCCCn1c(C(C)C)nc(-c2ccc(F)cc2Br)c1N. The highest BCUT2D eigenvalue weighted by Gasteiger charge is 2.19. The zero-order valence-corrected chi connectivity index (χ0v) is 14.2. The summed E-state index contributed by atoms with van der Waals surface area (Å²) in [7, 11) is 0. The summed E-state index contributed by atoms with van der Waals surface area (Å²) in [5.74, 6) is 1.64. The summed E-state index contributed by atoms with van der Waals surface area (Å²) in [6.45, 7) is 7.22. The van der Waals surface area contributed by atoms with E-state index in [1.54, 1.807) is 6.07 Å². The molecule has 0 amide bonds. The predicted octanol–water partition coefficient (Wildman–Crippen LogP) is 4.96. The fourth-order valence-corrected chi connectivity index (χ4v) is 2.89. The normalized spacial score (nSPS) is 11.3. The number of imidazole rings is 1. The highest BCUT2D eigenvalue weighted by molar-refractivity contribution is 9.10. The molecule has 1 aromatic carbocycles. The molecule has 1 heterocycles. The molecule has 21 heavy (non-hydrogen) atoms. The van der Waals surface area contributed by atoms with Crippen molar-refractivity contribution in [3.8, 4) is 11.3 Å². The molecule has 2 N–H and O–H groups in total. The van der Waals surface area contributed by atoms with Crippen molar-refractivity contribution >= 4 is 21.7 Å². The fraction of sp³-hybridized carbons (Fsp3) is 0.438. The maximum Gasteiger partial charge on any atom is 0.131 e. The number of nitrogen functional groups attached to an aromatic ring is 1. The minimum absolute atomic E-state index is 0.279. The smallest absolute Gasteiger partial charge is 0.131 e. The van der Waals surface area contributed by atoms with E-state index >= 15 is 0 Å². The van der Waals surface area contributed by atoms with E-state index in [0.717, 1.165) is 36.5 Å². The van der Waals surface area contributed by atoms with Crippen molar-refractivity contribution in [1.82, 2.24) is 9.55 Å². The number of nitrogens with two attached hydrogens (primary N) is 1. The Morgan fingerprint density at radius 1 is 1.38 bits per heavy atom. The van der Waals surface area contributed by atoms with Crippen LogP contribution in [-0.4, -0.2) is 9.55 Å². The van der Waals surface area contributed by atoms with Crippen LogP contribution in [0.25, 0.3) is 11.3 Å². The van der Waals surface area contributed by atoms with Crippen molar-refractivity contribution in [1.29, 1.82) is 0 Å². The van der Waals surface area contributed by atoms with E-state index in [9.17, 15) is 4.39 Å². The lowest BCUT2D eigenvalue weighted by Crippen LogP contribution is -2.08. The number of halogens is 2. The second-order valence-electron chi connectivity index (χ2n) is 5.49. The van der Waals surface area contributed by atoms with Crippen LogP contribution in [0.3, 0.4) is 0 Å². The molecule has 0 aliphatic carbocycles. The van der Waals surface area contributed by atoms with E-state index < -0.39 is 0 Å². The number of nitrogens with zero attached hydrogens (tertiary/aromatic N) is 2. The quantitative estimate of drug-likeness (QED) is 0.825. The predicted molar refractivity (Wildman–Crippen MR) is 88.7 cm³/mol. The van der Waals surface area contributed by atoms with E-state index in [-0.39, 0.29) is 11.7 Å². The third kappa shape index (κ3) is 3.28. The van der Waals surface area contributed by atoms with Gasteiger partial charge in [-0.1, -0.05) is 27.2 Å². The molecule has 3 nitrogen and oxygen atoms in total. The summed E-state index contributed by atoms with van der Waals surface area (Å²) in [5, 5.41) is 0. The van der Waals surface area contributed by atoms with Crippen molar-refractivity contribution in [3.63, 3.8) is 0 Å². The van der Waals surface area contributed by atoms with Crippen LogP contribution in [-0.2, 0) is 6.54 Å². The van der Waals surface area contributed by atoms with Crippen LogP contribution in [0.2, 0.25) is 0 Å². The Morgan fingerprint density at radius 3 is 2.67 bits per heavy atom. The molecule has 0 saturated carbocycles. The average molecular weight is 354 g/mol. The van der Waals surface area contributed by atoms with Crippen LogP contribution in [0.1, 0.15) is 45.4 Å². The first-order valence-electron chi connectivity index (χ1n) is 7.27. The van der Waals surface area contributed by atoms with Crippen molar-refractivity contribution in [3.05, 3.63) is 34.3 Å². The van der Waals surface area contributed by atoms with Crippen molar-refractivity contribution < 1.29 is 4.39 Å². The van der Waals surface area contributed by atoms with Gasteiger partial charge in [-0.3, -0.25) is 0 Å². The lowest BCUT2D eigenvalue weighted by Gasteiger charge is -2.11. The highest BCUT2D eigenvalue weighted by Crippen LogP contribution is 2.34. The molecule has 0 saturated heterocycles. The van der Waals surface area contributed by atoms with Crippen molar-refractivity contribution in [2.45, 2.75) is 46.1 Å². The van der Waals surface area contributed by atoms with Gasteiger partial charge in [-0.25, -0.2) is 9.37 Å². The first-order valence-corrected chi connectivity index (χ1v) is 8.06. The maximum atomic E-state index is 13.3. The summed E-state index contributed by atoms with van der Waals surface area (Å²) in [4.78, 5) is 4.71. The molecule has 114 valence electrons. The molecule has 2 rings (SSSR count). The molecule has 0 unspecified atom stereocenters. The van der Waals surface area contributed by atoms with Gasteiger partial charge in [-0.15, -0.1) is 0 Å². The van der Waals surface area contributed by atoms with Gasteiger partial charge in [0.15, 0.2) is 0 Å². The lowest BCUT2D eigenvalue weighted by molar-refractivity contribution is 0.588. The number of hydrogen-bond donors (Lipinski definition) is 1. The minimum Gasteiger partial charge on any atom is -0.383 e. The molecule has 2 aromatic rings. The molecule has 0 aliphatic heterocycles. The van der Waals surface area contributed by atoms with Crippen LogP contribution in [0, 0.1) is 5.82 Å². The summed E-state index contributed by atoms with van der Waals surface area (Å²) in [6, 6.07) is 4.58. The Morgan fingerprint density at radius 2 is 2.10 bits per heavy atom. The second-order valence-corrected chi connectivity index (χ2v) is 6.34. The first-order chi connectivity index (χ1) is 9.95. The average Bonchev–Trinajstić information content (AvgIpc) is 2.74. The van der Waals surface area contributed by atoms with Gasteiger partial charge in [-0.05, 0) is 40.5 Å². The Balaban J connectivity index is 2.54. The standard InChI is InChI=1S/C16H21BrFN3/c1-4-5-8-21-15(19)14(20-16(21)10(2)3)12-7-6-11(18)9-13(12)17/h6-7,9-10H,4-5,8,19H2,1-3H3. The van der Waals surface area contributed by atoms with Crippen LogP contribution >= 0.6 is 15.9 Å². The molecule has 0 bridgehead atoms. The van der Waals surface area contributed by atoms with E-state index in [4.69, 9.17) is 10.7 Å². The summed E-state index contributed by atoms with van der Waals surface area (Å²) in [5.41, 5.74) is 7.86. The van der Waals surface area contributed by atoms with Crippen LogP contribution in [0.5, 0.6) is 0 Å². The maximum absolute atomic E-state index is 13.3. The van der Waals surface area contributed by atoms with Gasteiger partial charge < -0.3 is 10.3 Å². The third-order valence-corrected chi connectivity index (χ3v) is 4.13. The number of rotatable bonds is 5. The van der Waals surface area contributed by atoms with Gasteiger partial charge in [0.25, 0.3) is 0 Å². The zero-order chi connectivity index (χ0) is 15.6. The lowest BCUT2D eigenvalue weighted by atomic mass is 10.1. The summed E-state index contributed by atoms with van der Waals surface area (Å²) < 4.78 is 16.0. The van der Waals surface area contributed by atoms with Gasteiger partial charge in [-0.2, -0.15) is 0 Å². The van der Waals surface area contributed by atoms with Gasteiger partial charge in [0.2, 0.25) is 0 Å². The first kappa shape index (κ1) is 16.0. The number of unbranched alkanes of at least 4 members (excludes halogenated alkanes) is 1. The largest absolute Gasteiger partial charge is 0.383 e. The molecular weight excluding hydrogens is 333 g/mol. The Kier molecular flexibility index (Phi) is 5.04. The number of anilines is 1. The van der Waals surface area contributed by atoms with E-state index in [1.165, 1.54) is 12.1 Å². The Bertz CT molecular complexity index is 635. The van der Waals surface area contributed by atoms with Crippen LogP contribution in [0.15, 0.2) is 22.7 Å². The van der Waals surface area contributed by atoms with Crippen LogP contribution in [0.4, 0.5) is 10.2 Å². The van der Waals surface area contributed by atoms with Gasteiger partial charge in [0.05, 0.1) is 0 Å². The molecule has 0 aliphatic rings. The molecule has 0 fully saturated rings. The highest BCUT2D eigenvalue weighted by atomic mass is 79.9. The molecule has 0 spiro atoms. The third-order valence-electron chi connectivity index (χ3n) is 3.47. The monoisotopic (exact) mass is 353 g/mol. The van der Waals surface area contributed by atoms with Gasteiger partial charge in [0.1, 0.15) is 23.2 Å². The van der Waals surface area contributed by atoms with E-state index in [2.05, 4.69) is 41.3 Å². The van der Waals surface area contributed by atoms with Crippen molar-refractivity contribution in [2.75, 3.05) is 5.73 Å². The zero-order valence-electron chi connectivity index (χ0n) is 12.7. The molecule has 5 heteroatoms. The van der Waals surface area contributed by atoms with E-state index in [0.29, 0.717) is 10.3 Å².